The number of rotatable bonds is 11. The molecular formula is C40H41ClFN3O3. The summed E-state index contributed by atoms with van der Waals surface area (Å²) in [6.45, 7) is 2.21. The number of carbonyl (C=O) groups excluding carboxylic acids is 3. The van der Waals surface area contributed by atoms with Crippen molar-refractivity contribution in [3.8, 4) is 22.3 Å². The minimum Gasteiger partial charge on any atom is -0.369 e. The number of halogens is 2. The summed E-state index contributed by atoms with van der Waals surface area (Å²) < 4.78 is 13.9. The summed E-state index contributed by atoms with van der Waals surface area (Å²) in [5, 5.41) is 3.18. The molecule has 248 valence electrons. The Balaban J connectivity index is 1.38. The molecule has 4 aromatic rings. The van der Waals surface area contributed by atoms with E-state index in [9.17, 15) is 18.8 Å². The smallest absolute Gasteiger partial charge is 0.254 e. The summed E-state index contributed by atoms with van der Waals surface area (Å²) >= 11 is 6.09. The Morgan fingerprint density at radius 3 is 2.35 bits per heavy atom. The number of nitrogens with zero attached hydrogens (tertiary/aromatic N) is 1. The number of anilines is 1. The lowest BCUT2D eigenvalue weighted by atomic mass is 9.80. The van der Waals surface area contributed by atoms with Gasteiger partial charge in [0.25, 0.3) is 5.91 Å². The molecule has 1 saturated carbocycles. The van der Waals surface area contributed by atoms with Gasteiger partial charge in [-0.15, -0.1) is 0 Å². The molecule has 0 spiro atoms. The monoisotopic (exact) mass is 665 g/mol. The van der Waals surface area contributed by atoms with E-state index >= 15 is 0 Å². The molecule has 1 fully saturated rings. The number of nitrogens with two attached hydrogens (primary N) is 1. The van der Waals surface area contributed by atoms with Crippen LogP contribution >= 0.6 is 11.6 Å². The third kappa shape index (κ3) is 7.02. The van der Waals surface area contributed by atoms with Crippen LogP contribution in [-0.4, -0.2) is 17.7 Å². The molecule has 6 rings (SSSR count). The molecule has 0 radical (unpaired) electrons. The summed E-state index contributed by atoms with van der Waals surface area (Å²) in [5.41, 5.74) is 11.5. The van der Waals surface area contributed by atoms with Crippen LogP contribution in [0.5, 0.6) is 0 Å². The van der Waals surface area contributed by atoms with Crippen molar-refractivity contribution < 1.29 is 18.8 Å². The number of amides is 3. The van der Waals surface area contributed by atoms with Gasteiger partial charge in [0.15, 0.2) is 0 Å². The van der Waals surface area contributed by atoms with E-state index in [-0.39, 0.29) is 23.4 Å². The van der Waals surface area contributed by atoms with Gasteiger partial charge in [0.05, 0.1) is 17.3 Å². The van der Waals surface area contributed by atoms with Gasteiger partial charge in [0.1, 0.15) is 11.9 Å². The van der Waals surface area contributed by atoms with Gasteiger partial charge in [-0.1, -0.05) is 117 Å². The second-order valence-electron chi connectivity index (χ2n) is 13.1. The lowest BCUT2D eigenvalue weighted by Crippen LogP contribution is -2.47. The van der Waals surface area contributed by atoms with E-state index < -0.39 is 29.6 Å². The van der Waals surface area contributed by atoms with Crippen LogP contribution in [0.25, 0.3) is 22.3 Å². The number of carbonyl (C=O) groups is 3. The highest BCUT2D eigenvalue weighted by molar-refractivity contribution is 6.31. The summed E-state index contributed by atoms with van der Waals surface area (Å²) in [5.74, 6) is -2.43. The maximum absolute atomic E-state index is 14.8. The molecule has 3 unspecified atom stereocenters. The van der Waals surface area contributed by atoms with Crippen LogP contribution in [0.15, 0.2) is 91.0 Å². The van der Waals surface area contributed by atoms with Crippen LogP contribution in [0.3, 0.4) is 0 Å². The van der Waals surface area contributed by atoms with Gasteiger partial charge >= 0.3 is 0 Å². The third-order valence-corrected chi connectivity index (χ3v) is 10.2. The van der Waals surface area contributed by atoms with E-state index in [0.717, 1.165) is 65.6 Å². The van der Waals surface area contributed by atoms with Crippen molar-refractivity contribution in [3.63, 3.8) is 0 Å². The standard InChI is InChI=1S/C40H41ClFN3O3/c1-2-10-32(38(43)46)33(22-25-11-3-4-12-25)39(47)44-37-31-17-6-5-15-29(31)30-16-7-8-18-36(30)45(40(37)48)24-26-13-9-14-27(21-26)28-19-20-35(42)34(41)23-28/h5-9,13-21,23,25,32-33,37H,2-4,10-12,22,24H2,1H3,(H2,43,46)(H,44,47). The van der Waals surface area contributed by atoms with E-state index in [1.54, 1.807) is 17.0 Å². The summed E-state index contributed by atoms with van der Waals surface area (Å²) in [4.78, 5) is 43.6. The van der Waals surface area contributed by atoms with Crippen LogP contribution in [0, 0.1) is 23.6 Å². The van der Waals surface area contributed by atoms with Crippen molar-refractivity contribution in [2.24, 2.45) is 23.5 Å². The Morgan fingerprint density at radius 2 is 1.62 bits per heavy atom. The van der Waals surface area contributed by atoms with Crippen LogP contribution in [-0.2, 0) is 20.9 Å². The topological polar surface area (TPSA) is 92.5 Å². The molecule has 1 aliphatic carbocycles. The van der Waals surface area contributed by atoms with Crippen LogP contribution in [0.1, 0.15) is 69.0 Å². The molecule has 1 aliphatic heterocycles. The normalized spacial score (nSPS) is 17.3. The lowest BCUT2D eigenvalue weighted by Gasteiger charge is -2.30. The fourth-order valence-electron chi connectivity index (χ4n) is 7.51. The Kier molecular flexibility index (Phi) is 10.3. The first-order valence-electron chi connectivity index (χ1n) is 16.9. The van der Waals surface area contributed by atoms with Gasteiger partial charge < -0.3 is 16.0 Å². The predicted molar refractivity (Wildman–Crippen MR) is 188 cm³/mol. The SMILES string of the molecule is CCCC(C(N)=O)C(CC1CCCC1)C(=O)NC1C(=O)N(Cc2cccc(-c3ccc(F)c(Cl)c3)c2)c2ccccc2-c2ccccc21. The molecule has 0 aromatic heterocycles. The Bertz CT molecular complexity index is 1820. The number of benzene rings is 4. The van der Waals surface area contributed by atoms with E-state index in [1.807, 2.05) is 79.7 Å². The zero-order valence-electron chi connectivity index (χ0n) is 27.1. The number of primary amides is 1. The molecule has 3 amide bonds. The summed E-state index contributed by atoms with van der Waals surface area (Å²) in [6, 6.07) is 26.8. The fourth-order valence-corrected chi connectivity index (χ4v) is 7.69. The number of para-hydroxylation sites is 1. The molecule has 0 saturated heterocycles. The zero-order chi connectivity index (χ0) is 33.8. The van der Waals surface area contributed by atoms with E-state index in [0.29, 0.717) is 24.3 Å². The second kappa shape index (κ2) is 14.7. The van der Waals surface area contributed by atoms with E-state index in [1.165, 1.54) is 6.07 Å². The number of hydrogen-bond donors (Lipinski definition) is 2. The van der Waals surface area contributed by atoms with Gasteiger partial charge in [-0.3, -0.25) is 14.4 Å². The first-order chi connectivity index (χ1) is 23.2. The van der Waals surface area contributed by atoms with E-state index in [2.05, 4.69) is 5.32 Å². The van der Waals surface area contributed by atoms with Crippen molar-refractivity contribution in [2.45, 2.75) is 64.5 Å². The largest absolute Gasteiger partial charge is 0.369 e. The summed E-state index contributed by atoms with van der Waals surface area (Å²) in [7, 11) is 0. The Morgan fingerprint density at radius 1 is 0.917 bits per heavy atom. The van der Waals surface area contributed by atoms with Crippen molar-refractivity contribution in [2.75, 3.05) is 4.90 Å². The minimum atomic E-state index is -0.985. The van der Waals surface area contributed by atoms with Crippen molar-refractivity contribution in [1.29, 1.82) is 0 Å². The Labute approximate surface area is 286 Å². The average molecular weight is 666 g/mol. The van der Waals surface area contributed by atoms with Crippen LogP contribution in [0.2, 0.25) is 5.02 Å². The molecule has 4 aromatic carbocycles. The second-order valence-corrected chi connectivity index (χ2v) is 13.5. The van der Waals surface area contributed by atoms with Crippen LogP contribution < -0.4 is 16.0 Å². The van der Waals surface area contributed by atoms with Gasteiger partial charge in [0, 0.05) is 17.4 Å². The van der Waals surface area contributed by atoms with Crippen molar-refractivity contribution in [3.05, 3.63) is 113 Å². The number of hydrogen-bond acceptors (Lipinski definition) is 3. The quantitative estimate of drug-likeness (QED) is 0.168. The first-order valence-corrected chi connectivity index (χ1v) is 17.3. The molecule has 2 aliphatic rings. The minimum absolute atomic E-state index is 0.0367. The third-order valence-electron chi connectivity index (χ3n) is 9.93. The number of nitrogens with one attached hydrogen (secondary N) is 1. The molecule has 3 atom stereocenters. The van der Waals surface area contributed by atoms with Gasteiger partial charge in [0.2, 0.25) is 11.8 Å². The molecular weight excluding hydrogens is 625 g/mol. The molecule has 6 nitrogen and oxygen atoms in total. The van der Waals surface area contributed by atoms with Crippen molar-refractivity contribution in [1.82, 2.24) is 5.32 Å². The van der Waals surface area contributed by atoms with E-state index in [4.69, 9.17) is 17.3 Å². The van der Waals surface area contributed by atoms with Crippen LogP contribution in [0.4, 0.5) is 10.1 Å². The zero-order valence-corrected chi connectivity index (χ0v) is 27.9. The lowest BCUT2D eigenvalue weighted by molar-refractivity contribution is -0.136. The molecule has 0 bridgehead atoms. The predicted octanol–water partition coefficient (Wildman–Crippen LogP) is 8.62. The summed E-state index contributed by atoms with van der Waals surface area (Å²) in [6.07, 6.45) is 6.10. The molecule has 8 heteroatoms. The Hall–Kier alpha value is -4.49. The van der Waals surface area contributed by atoms with Gasteiger partial charge in [-0.05, 0) is 70.8 Å². The maximum atomic E-state index is 14.8. The molecule has 1 heterocycles. The molecule has 48 heavy (non-hydrogen) atoms. The molecule has 3 N–H and O–H groups in total. The fraction of sp³-hybridized carbons (Fsp3) is 0.325. The highest BCUT2D eigenvalue weighted by Crippen LogP contribution is 2.42. The maximum Gasteiger partial charge on any atom is 0.254 e. The first kappa shape index (κ1) is 33.4. The highest BCUT2D eigenvalue weighted by Gasteiger charge is 2.39. The highest BCUT2D eigenvalue weighted by atomic mass is 35.5. The number of fused-ring (bicyclic) bond motifs is 3. The van der Waals surface area contributed by atoms with Gasteiger partial charge in [-0.2, -0.15) is 0 Å². The van der Waals surface area contributed by atoms with Gasteiger partial charge in [-0.25, -0.2) is 4.39 Å². The average Bonchev–Trinajstić information content (AvgIpc) is 3.59. The van der Waals surface area contributed by atoms with Crippen molar-refractivity contribution >= 4 is 35.0 Å².